The van der Waals surface area contributed by atoms with Crippen molar-refractivity contribution in [2.24, 2.45) is 0 Å². The maximum Gasteiger partial charge on any atom is 0.322 e. The van der Waals surface area contributed by atoms with Crippen molar-refractivity contribution < 1.29 is 9.90 Å². The number of nitrogens with zero attached hydrogens (tertiary/aromatic N) is 1. The van der Waals surface area contributed by atoms with E-state index >= 15 is 0 Å². The van der Waals surface area contributed by atoms with E-state index in [1.807, 2.05) is 36.4 Å². The molecule has 1 aromatic carbocycles. The van der Waals surface area contributed by atoms with E-state index in [0.29, 0.717) is 0 Å². The second-order valence-corrected chi connectivity index (χ2v) is 3.56. The molecule has 2 rings (SSSR count). The minimum atomic E-state index is -0.872. The predicted octanol–water partition coefficient (Wildman–Crippen LogP) is 2.25. The lowest BCUT2D eigenvalue weighted by Gasteiger charge is -2.05. The van der Waals surface area contributed by atoms with E-state index in [4.69, 9.17) is 5.11 Å². The van der Waals surface area contributed by atoms with Crippen LogP contribution in [-0.2, 0) is 4.79 Å². The summed E-state index contributed by atoms with van der Waals surface area (Å²) < 4.78 is 0. The summed E-state index contributed by atoms with van der Waals surface area (Å²) in [7, 11) is 0. The van der Waals surface area contributed by atoms with Gasteiger partial charge in [-0.25, -0.2) is 0 Å². The number of aromatic nitrogens is 1. The summed E-state index contributed by atoms with van der Waals surface area (Å²) in [4.78, 5) is 14.4. The summed E-state index contributed by atoms with van der Waals surface area (Å²) in [6, 6.07) is 11.5. The number of carbonyl (C=O) groups is 1. The number of aliphatic carboxylic acids is 1. The molecule has 0 saturated carbocycles. The second-order valence-electron chi connectivity index (χ2n) is 3.56. The lowest BCUT2D eigenvalue weighted by molar-refractivity contribution is -0.134. The van der Waals surface area contributed by atoms with Crippen molar-refractivity contribution in [2.45, 2.75) is 0 Å². The lowest BCUT2D eigenvalue weighted by atomic mass is 10.1. The number of carboxylic acids is 1. The van der Waals surface area contributed by atoms with E-state index in [0.717, 1.165) is 16.8 Å². The molecule has 0 saturated heterocycles. The monoisotopic (exact) mass is 228 g/mol. The first-order chi connectivity index (χ1) is 8.25. The third kappa shape index (κ3) is 3.04. The maximum absolute atomic E-state index is 10.4. The molecule has 0 aliphatic carbocycles. The molecule has 1 aromatic heterocycles. The van der Waals surface area contributed by atoms with Crippen LogP contribution < -0.4 is 5.32 Å². The highest BCUT2D eigenvalue weighted by Crippen LogP contribution is 2.20. The van der Waals surface area contributed by atoms with Crippen LogP contribution in [0.25, 0.3) is 11.1 Å². The van der Waals surface area contributed by atoms with E-state index in [1.54, 1.807) is 12.4 Å². The van der Waals surface area contributed by atoms with Crippen LogP contribution in [0, 0.1) is 0 Å². The Morgan fingerprint density at radius 2 is 1.65 bits per heavy atom. The van der Waals surface area contributed by atoms with Crippen molar-refractivity contribution in [1.82, 2.24) is 4.98 Å². The van der Waals surface area contributed by atoms with Crippen molar-refractivity contribution in [3.8, 4) is 11.1 Å². The average Bonchev–Trinajstić information content (AvgIpc) is 2.38. The first kappa shape index (κ1) is 11.1. The highest BCUT2D eigenvalue weighted by atomic mass is 16.4. The summed E-state index contributed by atoms with van der Waals surface area (Å²) >= 11 is 0. The Kier molecular flexibility index (Phi) is 3.35. The minimum absolute atomic E-state index is 0.0748. The largest absolute Gasteiger partial charge is 0.480 e. The molecular weight excluding hydrogens is 216 g/mol. The van der Waals surface area contributed by atoms with Gasteiger partial charge in [0.05, 0.1) is 0 Å². The second kappa shape index (κ2) is 5.12. The fraction of sp³-hybridized carbons (Fsp3) is 0.0769. The zero-order chi connectivity index (χ0) is 12.1. The van der Waals surface area contributed by atoms with E-state index < -0.39 is 5.97 Å². The van der Waals surface area contributed by atoms with E-state index in [2.05, 4.69) is 10.3 Å². The molecule has 0 radical (unpaired) electrons. The normalized spacial score (nSPS) is 9.88. The fourth-order valence-electron chi connectivity index (χ4n) is 1.50. The quantitative estimate of drug-likeness (QED) is 0.842. The van der Waals surface area contributed by atoms with Gasteiger partial charge in [0.1, 0.15) is 6.54 Å². The van der Waals surface area contributed by atoms with Crippen LogP contribution in [0.1, 0.15) is 0 Å². The van der Waals surface area contributed by atoms with E-state index in [1.165, 1.54) is 0 Å². The summed E-state index contributed by atoms with van der Waals surface area (Å²) in [5.74, 6) is -0.872. The number of hydrogen-bond donors (Lipinski definition) is 2. The first-order valence-electron chi connectivity index (χ1n) is 5.22. The molecule has 2 N–H and O–H groups in total. The van der Waals surface area contributed by atoms with Crippen LogP contribution in [0.3, 0.4) is 0 Å². The van der Waals surface area contributed by atoms with Gasteiger partial charge in [0.2, 0.25) is 0 Å². The first-order valence-corrected chi connectivity index (χ1v) is 5.22. The Labute approximate surface area is 98.9 Å². The van der Waals surface area contributed by atoms with Crippen LogP contribution >= 0.6 is 0 Å². The van der Waals surface area contributed by atoms with Crippen LogP contribution in [0.2, 0.25) is 0 Å². The van der Waals surface area contributed by atoms with Gasteiger partial charge in [0.25, 0.3) is 0 Å². The Balaban J connectivity index is 2.11. The molecule has 0 amide bonds. The van der Waals surface area contributed by atoms with Crippen LogP contribution in [0.15, 0.2) is 48.8 Å². The van der Waals surface area contributed by atoms with Crippen molar-refractivity contribution in [3.63, 3.8) is 0 Å². The molecule has 86 valence electrons. The molecule has 0 unspecified atom stereocenters. The highest BCUT2D eigenvalue weighted by Gasteiger charge is 1.99. The van der Waals surface area contributed by atoms with Gasteiger partial charge in [0.15, 0.2) is 0 Å². The Bertz CT molecular complexity index is 495. The third-order valence-corrected chi connectivity index (χ3v) is 2.34. The fourth-order valence-corrected chi connectivity index (χ4v) is 1.50. The highest BCUT2D eigenvalue weighted by molar-refractivity contribution is 5.73. The zero-order valence-corrected chi connectivity index (χ0v) is 9.13. The molecule has 17 heavy (non-hydrogen) atoms. The van der Waals surface area contributed by atoms with Gasteiger partial charge in [-0.1, -0.05) is 12.1 Å². The summed E-state index contributed by atoms with van der Waals surface area (Å²) in [5, 5.41) is 11.3. The van der Waals surface area contributed by atoms with Gasteiger partial charge >= 0.3 is 5.97 Å². The van der Waals surface area contributed by atoms with Gasteiger partial charge in [-0.3, -0.25) is 9.78 Å². The molecule has 1 heterocycles. The van der Waals surface area contributed by atoms with E-state index in [-0.39, 0.29) is 6.54 Å². The molecule has 0 bridgehead atoms. The molecule has 4 heteroatoms. The Hall–Kier alpha value is -2.36. The Morgan fingerprint density at radius 3 is 2.24 bits per heavy atom. The number of rotatable bonds is 4. The zero-order valence-electron chi connectivity index (χ0n) is 9.13. The number of anilines is 1. The molecule has 2 aromatic rings. The van der Waals surface area contributed by atoms with Gasteiger partial charge in [-0.05, 0) is 35.4 Å². The van der Waals surface area contributed by atoms with Crippen molar-refractivity contribution in [2.75, 3.05) is 11.9 Å². The molecule has 0 atom stereocenters. The third-order valence-electron chi connectivity index (χ3n) is 2.34. The number of carboxylic acid groups (broad SMARTS) is 1. The molecule has 0 aliphatic rings. The van der Waals surface area contributed by atoms with Crippen LogP contribution in [-0.4, -0.2) is 22.6 Å². The molecule has 0 aliphatic heterocycles. The topological polar surface area (TPSA) is 62.2 Å². The summed E-state index contributed by atoms with van der Waals surface area (Å²) in [6.45, 7) is -0.0748. The molecule has 0 spiro atoms. The standard InChI is InChI=1S/C13H12N2O2/c16-13(17)9-15-12-3-1-10(2-4-12)11-5-7-14-8-6-11/h1-8,15H,9H2,(H,16,17). The smallest absolute Gasteiger partial charge is 0.322 e. The number of benzene rings is 1. The number of hydrogen-bond acceptors (Lipinski definition) is 3. The Morgan fingerprint density at radius 1 is 1.06 bits per heavy atom. The van der Waals surface area contributed by atoms with Crippen molar-refractivity contribution in [1.29, 1.82) is 0 Å². The van der Waals surface area contributed by atoms with Gasteiger partial charge < -0.3 is 10.4 Å². The van der Waals surface area contributed by atoms with Crippen LogP contribution in [0.5, 0.6) is 0 Å². The van der Waals surface area contributed by atoms with Crippen LogP contribution in [0.4, 0.5) is 5.69 Å². The summed E-state index contributed by atoms with van der Waals surface area (Å²) in [5.41, 5.74) is 2.96. The predicted molar refractivity (Wildman–Crippen MR) is 65.8 cm³/mol. The number of pyridine rings is 1. The molecule has 0 fully saturated rings. The van der Waals surface area contributed by atoms with Gasteiger partial charge in [-0.2, -0.15) is 0 Å². The molecular formula is C13H12N2O2. The van der Waals surface area contributed by atoms with Crippen molar-refractivity contribution >= 4 is 11.7 Å². The SMILES string of the molecule is O=C(O)CNc1ccc(-c2ccncc2)cc1. The lowest BCUT2D eigenvalue weighted by Crippen LogP contribution is -2.11. The van der Waals surface area contributed by atoms with Crippen molar-refractivity contribution in [3.05, 3.63) is 48.8 Å². The van der Waals surface area contributed by atoms with E-state index in [9.17, 15) is 4.79 Å². The number of nitrogens with one attached hydrogen (secondary N) is 1. The summed E-state index contributed by atoms with van der Waals surface area (Å²) in [6.07, 6.45) is 3.48. The minimum Gasteiger partial charge on any atom is -0.480 e. The maximum atomic E-state index is 10.4. The average molecular weight is 228 g/mol. The van der Waals surface area contributed by atoms with Gasteiger partial charge in [0, 0.05) is 18.1 Å². The molecule has 4 nitrogen and oxygen atoms in total. The van der Waals surface area contributed by atoms with Gasteiger partial charge in [-0.15, -0.1) is 0 Å².